The monoisotopic (exact) mass is 328 g/mol. The highest BCUT2D eigenvalue weighted by atomic mass is 16.3. The van der Waals surface area contributed by atoms with Gasteiger partial charge in [-0.1, -0.05) is 67.6 Å². The van der Waals surface area contributed by atoms with Crippen LogP contribution >= 0.6 is 0 Å². The summed E-state index contributed by atoms with van der Waals surface area (Å²) in [5, 5.41) is 17.8. The Hall–Kier alpha value is -1.64. The van der Waals surface area contributed by atoms with Crippen LogP contribution in [0.15, 0.2) is 60.7 Å². The molecule has 2 N–H and O–H groups in total. The zero-order valence-electron chi connectivity index (χ0n) is 15.1. The van der Waals surface area contributed by atoms with Gasteiger partial charge in [-0.3, -0.25) is 0 Å². The smallest absolute Gasteiger partial charge is 0.0515 e. The maximum atomic E-state index is 9.01. The van der Waals surface area contributed by atoms with Gasteiger partial charge >= 0.3 is 0 Å². The highest BCUT2D eigenvalue weighted by Gasteiger charge is 1.99. The summed E-state index contributed by atoms with van der Waals surface area (Å²) in [6.07, 6.45) is 5.06. The number of aliphatic hydroxyl groups excluding tert-OH is 2. The van der Waals surface area contributed by atoms with Crippen LogP contribution in [0, 0.1) is 5.92 Å². The molecule has 0 heterocycles. The minimum absolute atomic E-state index is 0.185. The molecule has 2 rings (SSSR count). The van der Waals surface area contributed by atoms with Crippen molar-refractivity contribution < 1.29 is 10.2 Å². The molecule has 0 radical (unpaired) electrons. The van der Waals surface area contributed by atoms with Crippen LogP contribution < -0.4 is 0 Å². The molecule has 0 aliphatic carbocycles. The largest absolute Gasteiger partial charge is 0.396 e. The van der Waals surface area contributed by atoms with Gasteiger partial charge in [0.1, 0.15) is 0 Å². The van der Waals surface area contributed by atoms with E-state index in [1.807, 2.05) is 31.2 Å². The number of benzene rings is 2. The summed E-state index contributed by atoms with van der Waals surface area (Å²) >= 11 is 0. The maximum absolute atomic E-state index is 9.01. The average molecular weight is 328 g/mol. The van der Waals surface area contributed by atoms with Gasteiger partial charge < -0.3 is 10.2 Å². The van der Waals surface area contributed by atoms with Crippen LogP contribution in [-0.2, 0) is 12.8 Å². The molecule has 0 spiro atoms. The van der Waals surface area contributed by atoms with Crippen molar-refractivity contribution in [3.8, 4) is 0 Å². The van der Waals surface area contributed by atoms with E-state index in [-0.39, 0.29) is 6.10 Å². The summed E-state index contributed by atoms with van der Waals surface area (Å²) in [5.41, 5.74) is 2.70. The quantitative estimate of drug-likeness (QED) is 0.741. The Labute approximate surface area is 147 Å². The Balaban J connectivity index is 0.000000243. The molecule has 2 nitrogen and oxygen atoms in total. The van der Waals surface area contributed by atoms with Crippen LogP contribution in [0.5, 0.6) is 0 Å². The van der Waals surface area contributed by atoms with E-state index in [0.717, 1.165) is 25.7 Å². The van der Waals surface area contributed by atoms with Crippen LogP contribution in [0.2, 0.25) is 0 Å². The van der Waals surface area contributed by atoms with Gasteiger partial charge in [0.2, 0.25) is 0 Å². The highest BCUT2D eigenvalue weighted by Crippen LogP contribution is 2.09. The molecule has 0 bridgehead atoms. The molecule has 2 atom stereocenters. The molecular weight excluding hydrogens is 296 g/mol. The molecule has 0 amide bonds. The molecule has 132 valence electrons. The van der Waals surface area contributed by atoms with E-state index in [1.165, 1.54) is 17.5 Å². The van der Waals surface area contributed by atoms with Crippen molar-refractivity contribution in [3.05, 3.63) is 71.8 Å². The zero-order valence-corrected chi connectivity index (χ0v) is 15.1. The summed E-state index contributed by atoms with van der Waals surface area (Å²) in [6, 6.07) is 20.7. The summed E-state index contributed by atoms with van der Waals surface area (Å²) in [7, 11) is 0. The lowest BCUT2D eigenvalue weighted by atomic mass is 10.0. The molecule has 0 saturated heterocycles. The molecule has 0 saturated carbocycles. The first-order valence-electron chi connectivity index (χ1n) is 8.98. The number of aliphatic hydroxyl groups is 2. The summed E-state index contributed by atoms with van der Waals surface area (Å²) in [4.78, 5) is 0. The first-order valence-corrected chi connectivity index (χ1v) is 8.98. The van der Waals surface area contributed by atoms with E-state index >= 15 is 0 Å². The average Bonchev–Trinajstić information content (AvgIpc) is 2.62. The topological polar surface area (TPSA) is 40.5 Å². The van der Waals surface area contributed by atoms with Crippen molar-refractivity contribution in [2.24, 2.45) is 5.92 Å². The molecular formula is C22H32O2. The number of aryl methyl sites for hydroxylation is 2. The first-order chi connectivity index (χ1) is 11.6. The summed E-state index contributed by atoms with van der Waals surface area (Å²) in [6.45, 7) is 4.22. The van der Waals surface area contributed by atoms with Gasteiger partial charge in [-0.25, -0.2) is 0 Å². The number of rotatable bonds is 8. The lowest BCUT2D eigenvalue weighted by Gasteiger charge is -2.06. The van der Waals surface area contributed by atoms with E-state index in [2.05, 4.69) is 43.3 Å². The standard InChI is InChI=1S/C12H18O.C10H14O/c1-11(10-13)6-5-9-12-7-3-2-4-8-12;1-9(11)7-8-10-5-3-2-4-6-10/h2-4,7-8,11,13H,5-6,9-10H2,1H3;2-6,9,11H,7-8H2,1H3. The van der Waals surface area contributed by atoms with Crippen LogP contribution in [-0.4, -0.2) is 22.9 Å². The number of hydrogen-bond acceptors (Lipinski definition) is 2. The molecule has 2 heteroatoms. The predicted molar refractivity (Wildman–Crippen MR) is 102 cm³/mol. The van der Waals surface area contributed by atoms with Crippen molar-refractivity contribution >= 4 is 0 Å². The minimum atomic E-state index is -0.185. The third kappa shape index (κ3) is 10.2. The van der Waals surface area contributed by atoms with E-state index < -0.39 is 0 Å². The van der Waals surface area contributed by atoms with E-state index in [1.54, 1.807) is 0 Å². The fraction of sp³-hybridized carbons (Fsp3) is 0.455. The fourth-order valence-electron chi connectivity index (χ4n) is 2.41. The van der Waals surface area contributed by atoms with Crippen molar-refractivity contribution in [3.63, 3.8) is 0 Å². The SMILES string of the molecule is CC(CO)CCCc1ccccc1.CC(O)CCc1ccccc1. The third-order valence-corrected chi connectivity index (χ3v) is 4.01. The van der Waals surface area contributed by atoms with E-state index in [0.29, 0.717) is 12.5 Å². The summed E-state index contributed by atoms with van der Waals surface area (Å²) in [5.74, 6) is 0.448. The molecule has 0 aliphatic heterocycles. The second-order valence-electron chi connectivity index (χ2n) is 6.54. The Kier molecular flexibility index (Phi) is 10.8. The Morgan fingerprint density at radius 3 is 1.71 bits per heavy atom. The second-order valence-corrected chi connectivity index (χ2v) is 6.54. The van der Waals surface area contributed by atoms with Crippen LogP contribution in [0.1, 0.15) is 44.2 Å². The first kappa shape index (κ1) is 20.4. The molecule has 0 aliphatic rings. The lowest BCUT2D eigenvalue weighted by Crippen LogP contribution is -2.00. The van der Waals surface area contributed by atoms with Gasteiger partial charge in [0.15, 0.2) is 0 Å². The van der Waals surface area contributed by atoms with Gasteiger partial charge in [0.05, 0.1) is 6.10 Å². The van der Waals surface area contributed by atoms with E-state index in [4.69, 9.17) is 10.2 Å². The van der Waals surface area contributed by atoms with Crippen molar-refractivity contribution in [2.45, 2.75) is 52.1 Å². The lowest BCUT2D eigenvalue weighted by molar-refractivity contribution is 0.185. The molecule has 2 aromatic carbocycles. The fourth-order valence-corrected chi connectivity index (χ4v) is 2.41. The predicted octanol–water partition coefficient (Wildman–Crippen LogP) is 4.64. The van der Waals surface area contributed by atoms with Crippen LogP contribution in [0.25, 0.3) is 0 Å². The van der Waals surface area contributed by atoms with Gasteiger partial charge in [0.25, 0.3) is 0 Å². The molecule has 0 fully saturated rings. The Morgan fingerprint density at radius 2 is 1.25 bits per heavy atom. The van der Waals surface area contributed by atoms with Gasteiger partial charge in [-0.15, -0.1) is 0 Å². The van der Waals surface area contributed by atoms with Gasteiger partial charge in [-0.05, 0) is 56.1 Å². The highest BCUT2D eigenvalue weighted by molar-refractivity contribution is 5.15. The van der Waals surface area contributed by atoms with Crippen molar-refractivity contribution in [1.82, 2.24) is 0 Å². The maximum Gasteiger partial charge on any atom is 0.0515 e. The van der Waals surface area contributed by atoms with E-state index in [9.17, 15) is 0 Å². The molecule has 2 unspecified atom stereocenters. The minimum Gasteiger partial charge on any atom is -0.396 e. The third-order valence-electron chi connectivity index (χ3n) is 4.01. The number of hydrogen-bond donors (Lipinski definition) is 2. The van der Waals surface area contributed by atoms with Crippen LogP contribution in [0.4, 0.5) is 0 Å². The Bertz CT molecular complexity index is 508. The Morgan fingerprint density at radius 1 is 0.750 bits per heavy atom. The normalized spacial score (nSPS) is 12.8. The van der Waals surface area contributed by atoms with Gasteiger partial charge in [-0.2, -0.15) is 0 Å². The van der Waals surface area contributed by atoms with Crippen molar-refractivity contribution in [2.75, 3.05) is 6.61 Å². The van der Waals surface area contributed by atoms with Crippen molar-refractivity contribution in [1.29, 1.82) is 0 Å². The van der Waals surface area contributed by atoms with Gasteiger partial charge in [0, 0.05) is 6.61 Å². The van der Waals surface area contributed by atoms with Crippen LogP contribution in [0.3, 0.4) is 0 Å². The molecule has 24 heavy (non-hydrogen) atoms. The zero-order chi connectivity index (χ0) is 17.6. The second kappa shape index (κ2) is 12.7. The molecule has 2 aromatic rings. The molecule has 0 aromatic heterocycles. The summed E-state index contributed by atoms with van der Waals surface area (Å²) < 4.78 is 0.